The van der Waals surface area contributed by atoms with Crippen LogP contribution in [0.4, 0.5) is 13.2 Å². The fourth-order valence-corrected chi connectivity index (χ4v) is 3.89. The zero-order chi connectivity index (χ0) is 20.9. The average molecular weight is 412 g/mol. The number of benzene rings is 1. The van der Waals surface area contributed by atoms with Crippen molar-refractivity contribution in [3.05, 3.63) is 23.9 Å². The molecule has 1 heterocycles. The van der Waals surface area contributed by atoms with Gasteiger partial charge in [0.2, 0.25) is 0 Å². The second kappa shape index (κ2) is 9.61. The fourth-order valence-electron chi connectivity index (χ4n) is 3.89. The molecule has 2 aromatic rings. The molecule has 1 aromatic carbocycles. The van der Waals surface area contributed by atoms with Gasteiger partial charge < -0.3 is 9.47 Å². The molecule has 0 amide bonds. The van der Waals surface area contributed by atoms with Gasteiger partial charge in [0.05, 0.1) is 16.5 Å². The summed E-state index contributed by atoms with van der Waals surface area (Å²) in [5.41, 5.74) is 0.696. The summed E-state index contributed by atoms with van der Waals surface area (Å²) in [6.45, 7) is -0.311. The van der Waals surface area contributed by atoms with Crippen molar-refractivity contribution in [1.29, 1.82) is 0 Å². The zero-order valence-electron chi connectivity index (χ0n) is 16.6. The number of ether oxygens (including phenoxy) is 2. The second-order valence-corrected chi connectivity index (χ2v) is 7.65. The van der Waals surface area contributed by atoms with E-state index in [0.29, 0.717) is 29.8 Å². The number of halogens is 3. The highest BCUT2D eigenvalue weighted by Crippen LogP contribution is 2.33. The van der Waals surface area contributed by atoms with Gasteiger partial charge in [-0.1, -0.05) is 19.3 Å². The van der Waals surface area contributed by atoms with Gasteiger partial charge in [0.1, 0.15) is 5.75 Å². The molecule has 3 rings (SSSR count). The summed E-state index contributed by atoms with van der Waals surface area (Å²) in [5.74, 6) is 0.228. The molecule has 0 unspecified atom stereocenters. The summed E-state index contributed by atoms with van der Waals surface area (Å²) in [6, 6.07) is 3.19. The van der Waals surface area contributed by atoms with Gasteiger partial charge >= 0.3 is 6.18 Å². The molecule has 0 spiro atoms. The third kappa shape index (κ3) is 5.95. The molecule has 1 aliphatic carbocycles. The first-order valence-corrected chi connectivity index (χ1v) is 10.1. The molecule has 29 heavy (non-hydrogen) atoms. The normalized spacial score (nSPS) is 15.7. The molecule has 8 heteroatoms. The van der Waals surface area contributed by atoms with E-state index in [1.165, 1.54) is 32.4 Å². The van der Waals surface area contributed by atoms with Crippen molar-refractivity contribution in [3.8, 4) is 5.75 Å². The summed E-state index contributed by atoms with van der Waals surface area (Å²) in [4.78, 5) is 12.6. The van der Waals surface area contributed by atoms with E-state index < -0.39 is 12.8 Å². The van der Waals surface area contributed by atoms with Gasteiger partial charge in [-0.3, -0.25) is 9.48 Å². The molecule has 1 saturated carbocycles. The molecule has 0 radical (unpaired) electrons. The van der Waals surface area contributed by atoms with Crippen molar-refractivity contribution >= 4 is 16.7 Å². The molecule has 160 valence electrons. The number of fused-ring (bicyclic) bond motifs is 1. The van der Waals surface area contributed by atoms with E-state index in [-0.39, 0.29) is 23.5 Å². The Balaban J connectivity index is 1.88. The molecule has 0 N–H and O–H groups in total. The monoisotopic (exact) mass is 412 g/mol. The van der Waals surface area contributed by atoms with Gasteiger partial charge in [-0.25, -0.2) is 0 Å². The summed E-state index contributed by atoms with van der Waals surface area (Å²) in [5, 5.41) is 4.96. The number of hydrogen-bond donors (Lipinski definition) is 0. The highest BCUT2D eigenvalue weighted by molar-refractivity contribution is 6.04. The number of carbonyl (C=O) groups excluding carboxylic acids is 1. The fraction of sp³-hybridized carbons (Fsp3) is 0.619. The Morgan fingerprint density at radius 1 is 1.24 bits per heavy atom. The van der Waals surface area contributed by atoms with Gasteiger partial charge in [0.15, 0.2) is 12.4 Å². The Bertz CT molecular complexity index is 826. The number of Topliss-reactive ketones (excluding diaryl/α,β-unsaturated/α-hetero) is 1. The standard InChI is InChI=1S/C21H27F3N2O3/c1-28-11-5-8-19(27)16-9-10-18-17(20(16)29-14-21(22,23)24)13-26(25-18)12-15-6-3-2-4-7-15/h9-10,13,15H,2-8,11-12,14H2,1H3. The van der Waals surface area contributed by atoms with Gasteiger partial charge in [0.25, 0.3) is 0 Å². The largest absolute Gasteiger partial charge is 0.483 e. The summed E-state index contributed by atoms with van der Waals surface area (Å²) in [6.07, 6.45) is 3.81. The first-order chi connectivity index (χ1) is 13.9. The maximum atomic E-state index is 12.8. The molecular weight excluding hydrogens is 385 g/mol. The molecule has 0 bridgehead atoms. The van der Waals surface area contributed by atoms with Gasteiger partial charge in [0, 0.05) is 32.9 Å². The number of ketones is 1. The van der Waals surface area contributed by atoms with E-state index in [0.717, 1.165) is 19.4 Å². The minimum Gasteiger partial charge on any atom is -0.483 e. The van der Waals surface area contributed by atoms with Gasteiger partial charge in [-0.2, -0.15) is 18.3 Å². The topological polar surface area (TPSA) is 53.3 Å². The van der Waals surface area contributed by atoms with E-state index >= 15 is 0 Å². The van der Waals surface area contributed by atoms with Crippen LogP contribution in [0.15, 0.2) is 18.3 Å². The molecule has 5 nitrogen and oxygen atoms in total. The van der Waals surface area contributed by atoms with Crippen LogP contribution < -0.4 is 4.74 Å². The Kier molecular flexibility index (Phi) is 7.16. The predicted molar refractivity (Wildman–Crippen MR) is 103 cm³/mol. The van der Waals surface area contributed by atoms with Crippen LogP contribution in [0.3, 0.4) is 0 Å². The smallest absolute Gasteiger partial charge is 0.422 e. The molecule has 0 atom stereocenters. The Hall–Kier alpha value is -2.09. The third-order valence-corrected chi connectivity index (χ3v) is 5.29. The number of rotatable bonds is 9. The van der Waals surface area contributed by atoms with Crippen LogP contribution in [0.5, 0.6) is 5.75 Å². The number of hydrogen-bond acceptors (Lipinski definition) is 4. The van der Waals surface area contributed by atoms with Crippen molar-refractivity contribution in [1.82, 2.24) is 9.78 Å². The van der Waals surface area contributed by atoms with E-state index in [2.05, 4.69) is 5.10 Å². The highest BCUT2D eigenvalue weighted by atomic mass is 19.4. The maximum absolute atomic E-state index is 12.8. The van der Waals surface area contributed by atoms with E-state index in [1.54, 1.807) is 16.9 Å². The highest BCUT2D eigenvalue weighted by Gasteiger charge is 2.30. The van der Waals surface area contributed by atoms with Crippen LogP contribution in [0, 0.1) is 5.92 Å². The van der Waals surface area contributed by atoms with Crippen LogP contribution in [0.2, 0.25) is 0 Å². The van der Waals surface area contributed by atoms with Gasteiger partial charge in [-0.15, -0.1) is 0 Å². The number of carbonyl (C=O) groups is 1. The van der Waals surface area contributed by atoms with Crippen molar-refractivity contribution in [2.24, 2.45) is 5.92 Å². The van der Waals surface area contributed by atoms with Crippen molar-refractivity contribution < 1.29 is 27.4 Å². The molecule has 1 aromatic heterocycles. The maximum Gasteiger partial charge on any atom is 0.422 e. The zero-order valence-corrected chi connectivity index (χ0v) is 16.6. The molecule has 0 aliphatic heterocycles. The minimum absolute atomic E-state index is 0.0304. The molecular formula is C21H27F3N2O3. The number of alkyl halides is 3. The van der Waals surface area contributed by atoms with Gasteiger partial charge in [-0.05, 0) is 37.3 Å². The summed E-state index contributed by atoms with van der Waals surface area (Å²) in [7, 11) is 1.54. The van der Waals surface area contributed by atoms with E-state index in [1.807, 2.05) is 0 Å². The first-order valence-electron chi connectivity index (χ1n) is 10.1. The Labute approximate surface area is 168 Å². The Morgan fingerprint density at radius 2 is 2.00 bits per heavy atom. The molecule has 0 saturated heterocycles. The van der Waals surface area contributed by atoms with Crippen molar-refractivity contribution in [3.63, 3.8) is 0 Å². The van der Waals surface area contributed by atoms with Crippen LogP contribution in [0.25, 0.3) is 10.9 Å². The number of methoxy groups -OCH3 is 1. The second-order valence-electron chi connectivity index (χ2n) is 7.65. The van der Waals surface area contributed by atoms with E-state index in [4.69, 9.17) is 9.47 Å². The lowest BCUT2D eigenvalue weighted by molar-refractivity contribution is -0.153. The van der Waals surface area contributed by atoms with E-state index in [9.17, 15) is 18.0 Å². The van der Waals surface area contributed by atoms with Crippen molar-refractivity contribution in [2.75, 3.05) is 20.3 Å². The van der Waals surface area contributed by atoms with Crippen LogP contribution in [0.1, 0.15) is 55.3 Å². The lowest BCUT2D eigenvalue weighted by Crippen LogP contribution is -2.20. The van der Waals surface area contributed by atoms with Crippen LogP contribution in [-0.2, 0) is 11.3 Å². The average Bonchev–Trinajstić information content (AvgIpc) is 3.08. The third-order valence-electron chi connectivity index (χ3n) is 5.29. The predicted octanol–water partition coefficient (Wildman–Crippen LogP) is 5.17. The van der Waals surface area contributed by atoms with Crippen molar-refractivity contribution in [2.45, 2.75) is 57.7 Å². The molecule has 1 aliphatic rings. The lowest BCUT2D eigenvalue weighted by atomic mass is 9.89. The minimum atomic E-state index is -4.49. The lowest BCUT2D eigenvalue weighted by Gasteiger charge is -2.21. The quantitative estimate of drug-likeness (QED) is 0.421. The Morgan fingerprint density at radius 3 is 2.69 bits per heavy atom. The first kappa shape index (κ1) is 21.6. The van der Waals surface area contributed by atoms with Crippen LogP contribution >= 0.6 is 0 Å². The number of aromatic nitrogens is 2. The summed E-state index contributed by atoms with van der Waals surface area (Å²) >= 11 is 0. The molecule has 1 fully saturated rings. The van der Waals surface area contributed by atoms with Crippen LogP contribution in [-0.4, -0.2) is 42.1 Å². The number of nitrogens with zero attached hydrogens (tertiary/aromatic N) is 2. The SMILES string of the molecule is COCCCC(=O)c1ccc2nn(CC3CCCCC3)cc2c1OCC(F)(F)F. The summed E-state index contributed by atoms with van der Waals surface area (Å²) < 4.78 is 50.2.